The Bertz CT molecular complexity index is 838. The number of fused-ring (bicyclic) bond motifs is 2. The van der Waals surface area contributed by atoms with Gasteiger partial charge < -0.3 is 19.5 Å². The monoisotopic (exact) mass is 402 g/mol. The van der Waals surface area contributed by atoms with Crippen LogP contribution in [-0.4, -0.2) is 52.0 Å². The van der Waals surface area contributed by atoms with Gasteiger partial charge in [-0.05, 0) is 17.4 Å². The minimum absolute atomic E-state index is 0.0650. The molecule has 1 N–H and O–H groups in total. The lowest BCUT2D eigenvalue weighted by molar-refractivity contribution is -0.172. The molecule has 2 aliphatic heterocycles. The van der Waals surface area contributed by atoms with Crippen molar-refractivity contribution >= 4 is 23.2 Å². The maximum Gasteiger partial charge on any atom is 0.263 e. The summed E-state index contributed by atoms with van der Waals surface area (Å²) in [6.07, 6.45) is 4.40. The first-order chi connectivity index (χ1) is 13.5. The van der Waals surface area contributed by atoms with E-state index in [1.54, 1.807) is 6.20 Å². The topological polar surface area (TPSA) is 76.5 Å². The summed E-state index contributed by atoms with van der Waals surface area (Å²) in [6, 6.07) is 3.75. The van der Waals surface area contributed by atoms with Crippen LogP contribution in [0.5, 0.6) is 0 Å². The number of ether oxygens (including phenoxy) is 1. The maximum atomic E-state index is 12.7. The van der Waals surface area contributed by atoms with Gasteiger partial charge in [0.25, 0.3) is 11.8 Å². The van der Waals surface area contributed by atoms with Gasteiger partial charge in [0.1, 0.15) is 11.4 Å². The summed E-state index contributed by atoms with van der Waals surface area (Å²) in [7, 11) is 0. The normalized spacial score (nSPS) is 21.0. The fraction of sp³-hybridized carbons (Fsp3) is 0.550. The van der Waals surface area contributed by atoms with Gasteiger partial charge in [0.05, 0.1) is 11.4 Å². The lowest BCUT2D eigenvalue weighted by atomic mass is 9.88. The minimum atomic E-state index is -0.617. The van der Waals surface area contributed by atoms with E-state index < -0.39 is 11.7 Å². The molecule has 2 aromatic rings. The summed E-state index contributed by atoms with van der Waals surface area (Å²) >= 11 is 1.46. The molecule has 1 atom stereocenters. The zero-order valence-electron chi connectivity index (χ0n) is 16.3. The van der Waals surface area contributed by atoms with E-state index in [4.69, 9.17) is 4.74 Å². The Morgan fingerprint density at radius 1 is 1.39 bits per heavy atom. The molecule has 0 bridgehead atoms. The highest BCUT2D eigenvalue weighted by Crippen LogP contribution is 2.40. The highest BCUT2D eigenvalue weighted by Gasteiger charge is 2.47. The third kappa shape index (κ3) is 3.58. The van der Waals surface area contributed by atoms with Crippen LogP contribution >= 0.6 is 11.3 Å². The van der Waals surface area contributed by atoms with Crippen molar-refractivity contribution in [2.24, 2.45) is 5.92 Å². The van der Waals surface area contributed by atoms with Crippen molar-refractivity contribution in [2.75, 3.05) is 19.6 Å². The van der Waals surface area contributed by atoms with Crippen LogP contribution < -0.4 is 5.32 Å². The number of amides is 2. The van der Waals surface area contributed by atoms with Crippen LogP contribution in [0.3, 0.4) is 0 Å². The molecule has 2 aliphatic rings. The smallest absolute Gasteiger partial charge is 0.263 e. The quantitative estimate of drug-likeness (QED) is 0.851. The van der Waals surface area contributed by atoms with Crippen LogP contribution in [-0.2, 0) is 21.7 Å². The van der Waals surface area contributed by atoms with Gasteiger partial charge in [0, 0.05) is 44.9 Å². The van der Waals surface area contributed by atoms with Crippen LogP contribution in [0.15, 0.2) is 29.9 Å². The summed E-state index contributed by atoms with van der Waals surface area (Å²) in [5.74, 6) is 1.24. The average molecular weight is 403 g/mol. The molecular weight excluding hydrogens is 376 g/mol. The fourth-order valence-electron chi connectivity index (χ4n) is 3.92. The number of piperidine rings is 1. The van der Waals surface area contributed by atoms with E-state index in [0.717, 1.165) is 10.7 Å². The van der Waals surface area contributed by atoms with E-state index in [-0.39, 0.29) is 11.8 Å². The van der Waals surface area contributed by atoms with E-state index >= 15 is 0 Å². The standard InChI is InChI=1S/C20H26N4O3S/c1-14(2)12-22-17(25)15-13-24-10-7-21-19(24)20(27-15)5-8-23(9-6-20)18(26)16-4-3-11-28-16/h3-4,7,10-11,14-15H,5-6,8-9,12-13H2,1-2H3,(H,22,25)/t15-/m0/s1. The van der Waals surface area contributed by atoms with Gasteiger partial charge in [-0.1, -0.05) is 19.9 Å². The van der Waals surface area contributed by atoms with Gasteiger partial charge >= 0.3 is 0 Å². The van der Waals surface area contributed by atoms with E-state index in [1.165, 1.54) is 11.3 Å². The molecule has 0 unspecified atom stereocenters. The van der Waals surface area contributed by atoms with Gasteiger partial charge in [0.2, 0.25) is 0 Å². The van der Waals surface area contributed by atoms with Gasteiger partial charge in [-0.25, -0.2) is 4.98 Å². The molecular formula is C20H26N4O3S. The Kier molecular flexibility index (Phi) is 5.25. The maximum absolute atomic E-state index is 12.7. The number of hydrogen-bond acceptors (Lipinski definition) is 5. The van der Waals surface area contributed by atoms with E-state index in [1.807, 2.05) is 33.2 Å². The van der Waals surface area contributed by atoms with E-state index in [9.17, 15) is 9.59 Å². The fourth-order valence-corrected chi connectivity index (χ4v) is 4.61. The van der Waals surface area contributed by atoms with Crippen molar-refractivity contribution in [3.63, 3.8) is 0 Å². The molecule has 7 nitrogen and oxygen atoms in total. The highest BCUT2D eigenvalue weighted by molar-refractivity contribution is 7.12. The first kappa shape index (κ1) is 19.1. The predicted molar refractivity (Wildman–Crippen MR) is 106 cm³/mol. The van der Waals surface area contributed by atoms with Crippen LogP contribution in [0.1, 0.15) is 42.2 Å². The van der Waals surface area contributed by atoms with Gasteiger partial charge in [0.15, 0.2) is 6.10 Å². The average Bonchev–Trinajstić information content (AvgIpc) is 3.38. The number of carbonyl (C=O) groups is 2. The number of carbonyl (C=O) groups excluding carboxylic acids is 2. The van der Waals surface area contributed by atoms with Crippen molar-refractivity contribution < 1.29 is 14.3 Å². The highest BCUT2D eigenvalue weighted by atomic mass is 32.1. The number of aromatic nitrogens is 2. The van der Waals surface area contributed by atoms with Gasteiger partial charge in [-0.2, -0.15) is 0 Å². The molecule has 0 saturated carbocycles. The van der Waals surface area contributed by atoms with Crippen molar-refractivity contribution in [2.45, 2.75) is 44.9 Å². The van der Waals surface area contributed by atoms with Crippen LogP contribution in [0.4, 0.5) is 0 Å². The zero-order valence-corrected chi connectivity index (χ0v) is 17.1. The molecule has 0 aromatic carbocycles. The predicted octanol–water partition coefficient (Wildman–Crippen LogP) is 2.25. The Morgan fingerprint density at radius 2 is 2.18 bits per heavy atom. The van der Waals surface area contributed by atoms with Crippen LogP contribution in [0.25, 0.3) is 0 Å². The summed E-state index contributed by atoms with van der Waals surface area (Å²) < 4.78 is 8.41. The minimum Gasteiger partial charge on any atom is -0.354 e. The lowest BCUT2D eigenvalue weighted by Crippen LogP contribution is -2.54. The Hall–Kier alpha value is -2.19. The molecule has 8 heteroatoms. The number of imidazole rings is 1. The molecule has 0 aliphatic carbocycles. The van der Waals surface area contributed by atoms with Crippen molar-refractivity contribution in [1.29, 1.82) is 0 Å². The number of nitrogens with one attached hydrogen (secondary N) is 1. The van der Waals surface area contributed by atoms with Crippen molar-refractivity contribution in [1.82, 2.24) is 19.8 Å². The lowest BCUT2D eigenvalue weighted by Gasteiger charge is -2.45. The van der Waals surface area contributed by atoms with E-state index in [0.29, 0.717) is 44.9 Å². The third-order valence-electron chi connectivity index (χ3n) is 5.42. The summed E-state index contributed by atoms with van der Waals surface area (Å²) in [5, 5.41) is 4.90. The number of likely N-dealkylation sites (tertiary alicyclic amines) is 1. The molecule has 2 amide bonds. The molecule has 1 fully saturated rings. The second kappa shape index (κ2) is 7.67. The molecule has 1 spiro atoms. The molecule has 150 valence electrons. The second-order valence-electron chi connectivity index (χ2n) is 7.91. The number of rotatable bonds is 4. The number of nitrogens with zero attached hydrogens (tertiary/aromatic N) is 3. The van der Waals surface area contributed by atoms with Gasteiger partial charge in [-0.3, -0.25) is 9.59 Å². The molecule has 4 heterocycles. The van der Waals surface area contributed by atoms with Crippen LogP contribution in [0.2, 0.25) is 0 Å². The number of thiophene rings is 1. The number of hydrogen-bond donors (Lipinski definition) is 1. The molecule has 1 saturated heterocycles. The van der Waals surface area contributed by atoms with Crippen LogP contribution in [0, 0.1) is 5.92 Å². The Morgan fingerprint density at radius 3 is 2.86 bits per heavy atom. The summed E-state index contributed by atoms with van der Waals surface area (Å²) in [4.78, 5) is 32.5. The summed E-state index contributed by atoms with van der Waals surface area (Å²) in [6.45, 7) is 6.41. The molecule has 0 radical (unpaired) electrons. The summed E-state index contributed by atoms with van der Waals surface area (Å²) in [5.41, 5.74) is -0.617. The zero-order chi connectivity index (χ0) is 19.7. The molecule has 4 rings (SSSR count). The van der Waals surface area contributed by atoms with Crippen molar-refractivity contribution in [3.05, 3.63) is 40.6 Å². The first-order valence-corrected chi connectivity index (χ1v) is 10.7. The second-order valence-corrected chi connectivity index (χ2v) is 8.86. The molecule has 2 aromatic heterocycles. The first-order valence-electron chi connectivity index (χ1n) is 9.78. The SMILES string of the molecule is CC(C)CNC(=O)[C@@H]1Cn2ccnc2C2(CCN(C(=O)c3cccs3)CC2)O1. The molecule has 28 heavy (non-hydrogen) atoms. The Balaban J connectivity index is 1.49. The third-order valence-corrected chi connectivity index (χ3v) is 6.28. The Labute approximate surface area is 168 Å². The van der Waals surface area contributed by atoms with Gasteiger partial charge in [-0.15, -0.1) is 11.3 Å². The van der Waals surface area contributed by atoms with E-state index in [2.05, 4.69) is 24.1 Å². The largest absolute Gasteiger partial charge is 0.354 e. The van der Waals surface area contributed by atoms with Crippen molar-refractivity contribution in [3.8, 4) is 0 Å².